The van der Waals surface area contributed by atoms with E-state index in [1.807, 2.05) is 0 Å². The van der Waals surface area contributed by atoms with E-state index in [1.165, 1.54) is 6.20 Å². The van der Waals surface area contributed by atoms with Crippen LogP contribution in [0, 0.1) is 12.8 Å². The lowest BCUT2D eigenvalue weighted by atomic mass is 9.94. The van der Waals surface area contributed by atoms with E-state index in [2.05, 4.69) is 15.3 Å². The molecule has 2 aromatic heterocycles. The van der Waals surface area contributed by atoms with Crippen molar-refractivity contribution >= 4 is 29.1 Å². The number of fused-ring (bicyclic) bond motifs is 1. The molecule has 164 valence electrons. The molecule has 0 radical (unpaired) electrons. The maximum atomic E-state index is 12.8. The van der Waals surface area contributed by atoms with Gasteiger partial charge >= 0.3 is 6.18 Å². The van der Waals surface area contributed by atoms with Gasteiger partial charge in [0.1, 0.15) is 5.82 Å². The molecule has 3 N–H and O–H groups in total. The van der Waals surface area contributed by atoms with Crippen LogP contribution in [0.1, 0.15) is 41.3 Å². The fourth-order valence-corrected chi connectivity index (χ4v) is 3.51. The van der Waals surface area contributed by atoms with Gasteiger partial charge in [-0.1, -0.05) is 0 Å². The second kappa shape index (κ2) is 7.61. The molecule has 31 heavy (non-hydrogen) atoms. The number of carbonyl (C=O) groups is 1. The summed E-state index contributed by atoms with van der Waals surface area (Å²) in [6.07, 6.45) is -2.40. The fraction of sp³-hybridized carbons (Fsp3) is 0.381. The summed E-state index contributed by atoms with van der Waals surface area (Å²) in [6, 6.07) is 2.82. The highest BCUT2D eigenvalue weighted by Gasteiger charge is 2.40. The summed E-state index contributed by atoms with van der Waals surface area (Å²) in [4.78, 5) is 21.6. The molecule has 0 saturated heterocycles. The molecule has 0 spiro atoms. The van der Waals surface area contributed by atoms with E-state index in [9.17, 15) is 28.2 Å². The number of amides is 1. The second-order valence-electron chi connectivity index (χ2n) is 7.84. The number of hydrogen-bond donors (Lipinski definition) is 3. The number of aliphatic hydroxyl groups is 2. The largest absolute Gasteiger partial charge is 0.420 e. The van der Waals surface area contributed by atoms with Gasteiger partial charge in [-0.15, -0.1) is 0 Å². The van der Waals surface area contributed by atoms with Crippen molar-refractivity contribution in [3.8, 4) is 0 Å². The number of carbonyl (C=O) groups excluding carboxylic acids is 1. The number of aryl methyl sites for hydroxylation is 1. The van der Waals surface area contributed by atoms with E-state index in [0.717, 1.165) is 18.9 Å². The van der Waals surface area contributed by atoms with Crippen molar-refractivity contribution in [2.24, 2.45) is 5.92 Å². The molecule has 1 fully saturated rings. The molecule has 0 aromatic carbocycles. The lowest BCUT2D eigenvalue weighted by Gasteiger charge is -2.33. The molecule has 1 aliphatic carbocycles. The number of pyridine rings is 2. The van der Waals surface area contributed by atoms with Crippen LogP contribution in [0.15, 0.2) is 24.5 Å². The minimum absolute atomic E-state index is 0.0296. The molecule has 4 rings (SSSR count). The molecule has 2 aliphatic rings. The molecule has 0 bridgehead atoms. The van der Waals surface area contributed by atoms with E-state index in [-0.39, 0.29) is 11.8 Å². The van der Waals surface area contributed by atoms with Gasteiger partial charge in [-0.3, -0.25) is 9.78 Å². The highest BCUT2D eigenvalue weighted by atomic mass is 19.4. The minimum Gasteiger partial charge on any atom is -0.378 e. The topological polar surface area (TPSA) is 98.6 Å². The van der Waals surface area contributed by atoms with Crippen LogP contribution in [-0.4, -0.2) is 45.5 Å². The van der Waals surface area contributed by atoms with Crippen molar-refractivity contribution in [1.82, 2.24) is 9.97 Å². The van der Waals surface area contributed by atoms with E-state index in [1.54, 1.807) is 37.2 Å². The average molecular weight is 434 g/mol. The summed E-state index contributed by atoms with van der Waals surface area (Å²) >= 11 is 0. The molecular formula is C21H21F3N4O3. The highest BCUT2D eigenvalue weighted by Crippen LogP contribution is 2.38. The number of rotatable bonds is 4. The Morgan fingerprint density at radius 2 is 1.97 bits per heavy atom. The molecule has 1 aliphatic heterocycles. The van der Waals surface area contributed by atoms with Gasteiger partial charge in [-0.25, -0.2) is 4.98 Å². The van der Waals surface area contributed by atoms with Gasteiger partial charge < -0.3 is 20.4 Å². The third kappa shape index (κ3) is 4.13. The predicted octanol–water partition coefficient (Wildman–Crippen LogP) is 3.04. The van der Waals surface area contributed by atoms with Crippen molar-refractivity contribution < 1.29 is 28.2 Å². The van der Waals surface area contributed by atoms with Crippen molar-refractivity contribution in [3.63, 3.8) is 0 Å². The summed E-state index contributed by atoms with van der Waals surface area (Å²) in [5.74, 6) is 0.336. The minimum atomic E-state index is -4.82. The van der Waals surface area contributed by atoms with Crippen LogP contribution in [0.3, 0.4) is 0 Å². The Balaban J connectivity index is 1.65. The lowest BCUT2D eigenvalue weighted by Crippen LogP contribution is -2.35. The van der Waals surface area contributed by atoms with Gasteiger partial charge in [-0.05, 0) is 37.5 Å². The molecule has 1 saturated carbocycles. The SMILES string of the molecule is Cc1cc(C(O)C(F)(F)F)ncc1C1=Cc2cnc(NC(=O)C3CC3)cc2N(C)C1O. The van der Waals surface area contributed by atoms with E-state index < -0.39 is 24.2 Å². The van der Waals surface area contributed by atoms with Gasteiger partial charge in [0.15, 0.2) is 12.3 Å². The van der Waals surface area contributed by atoms with Crippen molar-refractivity contribution in [2.75, 3.05) is 17.3 Å². The van der Waals surface area contributed by atoms with E-state index >= 15 is 0 Å². The maximum absolute atomic E-state index is 12.8. The third-order valence-corrected chi connectivity index (χ3v) is 5.48. The third-order valence-electron chi connectivity index (χ3n) is 5.48. The van der Waals surface area contributed by atoms with Gasteiger partial charge in [0.25, 0.3) is 0 Å². The number of alkyl halides is 3. The number of hydrogen-bond acceptors (Lipinski definition) is 6. The first kappa shape index (κ1) is 21.3. The molecule has 10 heteroatoms. The van der Waals surface area contributed by atoms with Crippen molar-refractivity contribution in [3.05, 3.63) is 46.9 Å². The van der Waals surface area contributed by atoms with Gasteiger partial charge in [0.05, 0.1) is 11.4 Å². The van der Waals surface area contributed by atoms with Gasteiger partial charge in [-0.2, -0.15) is 13.2 Å². The highest BCUT2D eigenvalue weighted by molar-refractivity contribution is 5.96. The van der Waals surface area contributed by atoms with Gasteiger partial charge in [0.2, 0.25) is 5.91 Å². The van der Waals surface area contributed by atoms with Crippen LogP contribution in [0.5, 0.6) is 0 Å². The predicted molar refractivity (Wildman–Crippen MR) is 108 cm³/mol. The lowest BCUT2D eigenvalue weighted by molar-refractivity contribution is -0.208. The zero-order valence-electron chi connectivity index (χ0n) is 16.8. The van der Waals surface area contributed by atoms with Crippen molar-refractivity contribution in [1.29, 1.82) is 0 Å². The monoisotopic (exact) mass is 434 g/mol. The Bertz CT molecular complexity index is 1070. The van der Waals surface area contributed by atoms with Crippen LogP contribution in [0.4, 0.5) is 24.7 Å². The number of likely N-dealkylation sites (N-methyl/N-ethyl adjacent to an activating group) is 1. The summed E-state index contributed by atoms with van der Waals surface area (Å²) in [7, 11) is 1.66. The molecule has 1 amide bonds. The molecular weight excluding hydrogens is 413 g/mol. The molecule has 2 unspecified atom stereocenters. The fourth-order valence-electron chi connectivity index (χ4n) is 3.51. The smallest absolute Gasteiger partial charge is 0.378 e. The molecule has 2 atom stereocenters. The van der Waals surface area contributed by atoms with Crippen LogP contribution in [-0.2, 0) is 4.79 Å². The number of halogens is 3. The Morgan fingerprint density at radius 1 is 1.26 bits per heavy atom. The quantitative estimate of drug-likeness (QED) is 0.684. The first-order valence-electron chi connectivity index (χ1n) is 9.71. The summed E-state index contributed by atoms with van der Waals surface area (Å²) in [6.45, 7) is 1.58. The van der Waals surface area contributed by atoms with Crippen LogP contribution >= 0.6 is 0 Å². The van der Waals surface area contributed by atoms with Crippen LogP contribution in [0.2, 0.25) is 0 Å². The van der Waals surface area contributed by atoms with Gasteiger partial charge in [0, 0.05) is 48.1 Å². The maximum Gasteiger partial charge on any atom is 0.420 e. The number of nitrogens with one attached hydrogen (secondary N) is 1. The van der Waals surface area contributed by atoms with Crippen molar-refractivity contribution in [2.45, 2.75) is 38.3 Å². The number of aliphatic hydroxyl groups excluding tert-OH is 2. The number of nitrogens with zero attached hydrogens (tertiary/aromatic N) is 3. The Morgan fingerprint density at radius 3 is 2.58 bits per heavy atom. The number of aromatic nitrogens is 2. The number of anilines is 2. The van der Waals surface area contributed by atoms with Crippen LogP contribution < -0.4 is 10.2 Å². The standard InChI is InChI=1S/C21H21F3N4O3/c1-10-5-15(18(29)21(22,23)24)25-9-14(10)13-6-12-8-26-17(27-19(30)11-3-4-11)7-16(12)28(2)20(13)31/h5-9,11,18,20,29,31H,3-4H2,1-2H3,(H,26,27,30). The second-order valence-corrected chi connectivity index (χ2v) is 7.84. The molecule has 7 nitrogen and oxygen atoms in total. The first-order valence-corrected chi connectivity index (χ1v) is 9.71. The van der Waals surface area contributed by atoms with E-state index in [4.69, 9.17) is 0 Å². The zero-order chi connectivity index (χ0) is 22.5. The normalized spacial score (nSPS) is 19.5. The van der Waals surface area contributed by atoms with E-state index in [0.29, 0.717) is 33.8 Å². The first-order chi connectivity index (χ1) is 14.6. The zero-order valence-corrected chi connectivity index (χ0v) is 16.8. The Hall–Kier alpha value is -2.98. The summed E-state index contributed by atoms with van der Waals surface area (Å²) in [5, 5.41) is 23.0. The Kier molecular flexibility index (Phi) is 5.22. The summed E-state index contributed by atoms with van der Waals surface area (Å²) < 4.78 is 38.3. The summed E-state index contributed by atoms with van der Waals surface area (Å²) in [5.41, 5.74) is 2.12. The molecule has 3 heterocycles. The Labute approximate surface area is 176 Å². The average Bonchev–Trinajstić information content (AvgIpc) is 3.55. The van der Waals surface area contributed by atoms with Crippen LogP contribution in [0.25, 0.3) is 11.6 Å². The molecule has 2 aromatic rings.